The van der Waals surface area contributed by atoms with E-state index in [9.17, 15) is 22.8 Å². The van der Waals surface area contributed by atoms with E-state index in [1.165, 1.54) is 4.90 Å². The monoisotopic (exact) mass is 582 g/mol. The number of carbonyl (C=O) groups excluding carboxylic acids is 2. The lowest BCUT2D eigenvalue weighted by molar-refractivity contribution is -0.136. The van der Waals surface area contributed by atoms with Crippen LogP contribution in [0.3, 0.4) is 0 Å². The zero-order valence-electron chi connectivity index (χ0n) is 21.9. The number of nitrogens with zero attached hydrogens (tertiary/aromatic N) is 2. The molecule has 0 radical (unpaired) electrons. The van der Waals surface area contributed by atoms with Crippen LogP contribution in [0, 0.1) is 0 Å². The molecule has 0 spiro atoms. The van der Waals surface area contributed by atoms with Gasteiger partial charge in [-0.1, -0.05) is 41.9 Å². The van der Waals surface area contributed by atoms with Crippen molar-refractivity contribution in [2.75, 3.05) is 41.8 Å². The Bertz CT molecular complexity index is 1620. The van der Waals surface area contributed by atoms with E-state index < -0.39 is 16.0 Å². The van der Waals surface area contributed by atoms with Crippen LogP contribution in [0.5, 0.6) is 0 Å². The highest BCUT2D eigenvalue weighted by atomic mass is 35.5. The van der Waals surface area contributed by atoms with Crippen molar-refractivity contribution in [3.63, 3.8) is 0 Å². The number of hydrogen-bond donors (Lipinski definition) is 3. The minimum Gasteiger partial charge on any atom is -0.481 e. The van der Waals surface area contributed by atoms with Crippen molar-refractivity contribution < 1.29 is 27.9 Å². The molecule has 0 aliphatic carbocycles. The number of aliphatic carboxylic acids is 1. The average molecular weight is 583 g/mol. The van der Waals surface area contributed by atoms with Crippen molar-refractivity contribution >= 4 is 67.7 Å². The number of likely N-dealkylation sites (N-methyl/N-ethyl adjacent to an activating group) is 1. The maximum Gasteiger partial charge on any atom is 0.307 e. The summed E-state index contributed by atoms with van der Waals surface area (Å²) in [5.41, 5.74) is 4.07. The van der Waals surface area contributed by atoms with Crippen LogP contribution in [-0.4, -0.2) is 63.1 Å². The first-order valence-corrected chi connectivity index (χ1v) is 14.3. The molecular weight excluding hydrogens is 556 g/mol. The fourth-order valence-corrected chi connectivity index (χ4v) is 5.18. The summed E-state index contributed by atoms with van der Waals surface area (Å²) < 4.78 is 25.9. The van der Waals surface area contributed by atoms with Gasteiger partial charge in [-0.15, -0.1) is 0 Å². The average Bonchev–Trinajstić information content (AvgIpc) is 3.20. The molecule has 0 aromatic heterocycles. The van der Waals surface area contributed by atoms with Gasteiger partial charge in [0.25, 0.3) is 5.91 Å². The number of rotatable bonds is 9. The van der Waals surface area contributed by atoms with Gasteiger partial charge < -0.3 is 20.6 Å². The number of carboxylic acids is 1. The van der Waals surface area contributed by atoms with E-state index in [0.29, 0.717) is 50.0 Å². The molecule has 0 saturated heterocycles. The summed E-state index contributed by atoms with van der Waals surface area (Å²) in [6.45, 7) is -0.351. The molecule has 3 N–H and O–H groups in total. The van der Waals surface area contributed by atoms with Gasteiger partial charge in [0.1, 0.15) is 6.54 Å². The van der Waals surface area contributed by atoms with Crippen LogP contribution in [-0.2, 0) is 30.8 Å². The van der Waals surface area contributed by atoms with Crippen molar-refractivity contribution in [2.45, 2.75) is 6.42 Å². The lowest BCUT2D eigenvalue weighted by atomic mass is 9.98. The highest BCUT2D eigenvalue weighted by Crippen LogP contribution is 2.39. The largest absolute Gasteiger partial charge is 0.481 e. The molecule has 1 aliphatic heterocycles. The molecule has 1 heterocycles. The number of carboxylic acid groups (broad SMARTS) is 1. The van der Waals surface area contributed by atoms with Gasteiger partial charge in [-0.05, 0) is 47.5 Å². The third-order valence-corrected chi connectivity index (χ3v) is 7.55. The summed E-state index contributed by atoms with van der Waals surface area (Å²) in [6, 6.07) is 18.3. The number of carbonyl (C=O) groups is 3. The van der Waals surface area contributed by atoms with Gasteiger partial charge in [0.05, 0.1) is 35.3 Å². The Morgan fingerprint density at radius 1 is 1.00 bits per heavy atom. The highest BCUT2D eigenvalue weighted by Gasteiger charge is 2.29. The molecule has 10 nitrogen and oxygen atoms in total. The van der Waals surface area contributed by atoms with Crippen LogP contribution >= 0.6 is 11.6 Å². The number of anilines is 3. The maximum absolute atomic E-state index is 13.1. The van der Waals surface area contributed by atoms with E-state index in [2.05, 4.69) is 10.6 Å². The molecule has 0 atom stereocenters. The molecule has 12 heteroatoms. The van der Waals surface area contributed by atoms with Crippen LogP contribution in [0.4, 0.5) is 17.1 Å². The van der Waals surface area contributed by atoms with Gasteiger partial charge >= 0.3 is 5.97 Å². The standard InChI is InChI=1S/C28H27ClN4O6S/c1-32(2)24(34)16-33(40(3,38)39)21-11-9-20(10-12-21)30-27(18-6-4-17(5-7-18)14-25(35)36)26-22-13-8-19(29)15-23(22)31-28(26)37/h4-13,15,30H,14,16H2,1-3H3,(H,31,37)(H,35,36). The maximum atomic E-state index is 13.1. The Balaban J connectivity index is 1.75. The Morgan fingerprint density at radius 2 is 1.65 bits per heavy atom. The molecule has 0 fully saturated rings. The van der Waals surface area contributed by atoms with Gasteiger partial charge in [-0.25, -0.2) is 8.42 Å². The second-order valence-electron chi connectivity index (χ2n) is 9.39. The number of benzene rings is 3. The summed E-state index contributed by atoms with van der Waals surface area (Å²) in [6.07, 6.45) is 0.886. The number of nitrogens with one attached hydrogen (secondary N) is 2. The van der Waals surface area contributed by atoms with Gasteiger partial charge in [0.2, 0.25) is 15.9 Å². The molecule has 3 aromatic carbocycles. The summed E-state index contributed by atoms with van der Waals surface area (Å²) in [4.78, 5) is 37.8. The summed E-state index contributed by atoms with van der Waals surface area (Å²) in [5, 5.41) is 15.7. The molecule has 0 bridgehead atoms. The van der Waals surface area contributed by atoms with Crippen molar-refractivity contribution in [3.05, 3.63) is 88.4 Å². The minimum atomic E-state index is -3.74. The fraction of sp³-hybridized carbons (Fsp3) is 0.179. The van der Waals surface area contributed by atoms with Gasteiger partial charge in [-0.3, -0.25) is 18.7 Å². The molecule has 2 amide bonds. The molecule has 1 aliphatic rings. The first-order chi connectivity index (χ1) is 18.8. The van der Waals surface area contributed by atoms with Crippen LogP contribution in [0.25, 0.3) is 11.3 Å². The van der Waals surface area contributed by atoms with Crippen LogP contribution < -0.4 is 14.9 Å². The predicted octanol–water partition coefficient (Wildman–Crippen LogP) is 3.75. The van der Waals surface area contributed by atoms with Gasteiger partial charge in [0.15, 0.2) is 0 Å². The minimum absolute atomic E-state index is 0.143. The highest BCUT2D eigenvalue weighted by molar-refractivity contribution is 7.92. The van der Waals surface area contributed by atoms with E-state index in [1.54, 1.807) is 80.8 Å². The quantitative estimate of drug-likeness (QED) is 0.327. The first kappa shape index (κ1) is 28.7. The fourth-order valence-electron chi connectivity index (χ4n) is 4.16. The van der Waals surface area contributed by atoms with Crippen molar-refractivity contribution in [1.82, 2.24) is 4.90 Å². The van der Waals surface area contributed by atoms with E-state index in [-0.39, 0.29) is 24.8 Å². The molecule has 0 unspecified atom stereocenters. The molecule has 40 heavy (non-hydrogen) atoms. The second kappa shape index (κ2) is 11.4. The third-order valence-electron chi connectivity index (χ3n) is 6.18. The van der Waals surface area contributed by atoms with E-state index in [4.69, 9.17) is 16.7 Å². The Kier molecular flexibility index (Phi) is 8.17. The van der Waals surface area contributed by atoms with Gasteiger partial charge in [0, 0.05) is 30.4 Å². The number of halogens is 1. The predicted molar refractivity (Wildman–Crippen MR) is 156 cm³/mol. The Labute approximate surface area is 236 Å². The SMILES string of the molecule is CN(C)C(=O)CN(c1ccc(NC(=C2C(=O)Nc3cc(Cl)ccc32)c2ccc(CC(=O)O)cc2)cc1)S(C)(=O)=O. The van der Waals surface area contributed by atoms with Gasteiger partial charge in [-0.2, -0.15) is 0 Å². The molecule has 4 rings (SSSR count). The number of amides is 2. The Hall–Kier alpha value is -4.35. The number of hydrogen-bond acceptors (Lipinski definition) is 6. The zero-order valence-corrected chi connectivity index (χ0v) is 23.5. The smallest absolute Gasteiger partial charge is 0.307 e. The van der Waals surface area contributed by atoms with Crippen LogP contribution in [0.15, 0.2) is 66.7 Å². The molecule has 0 saturated carbocycles. The van der Waals surface area contributed by atoms with Crippen molar-refractivity contribution in [3.8, 4) is 0 Å². The van der Waals surface area contributed by atoms with Crippen molar-refractivity contribution in [2.24, 2.45) is 0 Å². The van der Waals surface area contributed by atoms with Crippen LogP contribution in [0.2, 0.25) is 5.02 Å². The molecular formula is C28H27ClN4O6S. The van der Waals surface area contributed by atoms with Crippen LogP contribution in [0.1, 0.15) is 16.7 Å². The molecule has 3 aromatic rings. The Morgan fingerprint density at radius 3 is 2.23 bits per heavy atom. The number of fused-ring (bicyclic) bond motifs is 1. The lowest BCUT2D eigenvalue weighted by Gasteiger charge is -2.24. The number of sulfonamides is 1. The first-order valence-electron chi connectivity index (χ1n) is 12.0. The summed E-state index contributed by atoms with van der Waals surface area (Å²) >= 11 is 6.12. The second-order valence-corrected chi connectivity index (χ2v) is 11.7. The summed E-state index contributed by atoms with van der Waals surface area (Å²) in [7, 11) is -0.653. The third kappa shape index (κ3) is 6.44. The summed E-state index contributed by atoms with van der Waals surface area (Å²) in [5.74, 6) is -1.69. The zero-order chi connectivity index (χ0) is 29.2. The molecule has 208 valence electrons. The topological polar surface area (TPSA) is 136 Å². The van der Waals surface area contributed by atoms with E-state index in [0.717, 1.165) is 10.6 Å². The van der Waals surface area contributed by atoms with E-state index >= 15 is 0 Å². The normalized spacial score (nSPS) is 13.8. The lowest BCUT2D eigenvalue weighted by Crippen LogP contribution is -2.39. The van der Waals surface area contributed by atoms with Crippen molar-refractivity contribution in [1.29, 1.82) is 0 Å². The van der Waals surface area contributed by atoms with E-state index in [1.807, 2.05) is 0 Å².